The summed E-state index contributed by atoms with van der Waals surface area (Å²) in [4.78, 5) is 36.7. The molecule has 1 aliphatic rings. The average Bonchev–Trinajstić information content (AvgIpc) is 3.09. The highest BCUT2D eigenvalue weighted by Gasteiger charge is 2.32. The second-order valence-electron chi connectivity index (χ2n) is 10.6. The van der Waals surface area contributed by atoms with Crippen molar-refractivity contribution in [2.24, 2.45) is 11.3 Å². The van der Waals surface area contributed by atoms with Gasteiger partial charge in [0, 0.05) is 24.4 Å². The minimum absolute atomic E-state index is 0.0243. The first-order chi connectivity index (χ1) is 16.5. The Kier molecular flexibility index (Phi) is 8.20. The topological polar surface area (TPSA) is 105 Å². The molecule has 0 aliphatic heterocycles. The minimum atomic E-state index is -0.965. The molecule has 2 aromatic rings. The molecule has 3 N–H and O–H groups in total. The second kappa shape index (κ2) is 10.9. The number of aliphatic carboxylic acids is 1. The fraction of sp³-hybridized carbons (Fsp3) is 0.464. The summed E-state index contributed by atoms with van der Waals surface area (Å²) in [5.41, 5.74) is 4.16. The molecule has 0 spiro atoms. The molecule has 2 atom stereocenters. The first kappa shape index (κ1) is 26.3. The van der Waals surface area contributed by atoms with Gasteiger partial charge in [-0.15, -0.1) is 0 Å². The Hall–Kier alpha value is -3.35. The van der Waals surface area contributed by atoms with Gasteiger partial charge < -0.3 is 20.5 Å². The first-order valence-corrected chi connectivity index (χ1v) is 12.1. The Labute approximate surface area is 207 Å². The number of hydrogen-bond acceptors (Lipinski definition) is 4. The van der Waals surface area contributed by atoms with Crippen LogP contribution < -0.4 is 10.6 Å². The zero-order valence-corrected chi connectivity index (χ0v) is 21.1. The fourth-order valence-corrected chi connectivity index (χ4v) is 4.45. The van der Waals surface area contributed by atoms with Crippen LogP contribution in [0.1, 0.15) is 64.5 Å². The summed E-state index contributed by atoms with van der Waals surface area (Å²) in [5.74, 6) is -1.34. The molecule has 0 bridgehead atoms. The van der Waals surface area contributed by atoms with E-state index in [9.17, 15) is 14.4 Å². The molecular formula is C28H36N2O5. The van der Waals surface area contributed by atoms with Crippen LogP contribution in [0.2, 0.25) is 0 Å². The molecule has 1 unspecified atom stereocenters. The quantitative estimate of drug-likeness (QED) is 0.471. The van der Waals surface area contributed by atoms with E-state index in [4.69, 9.17) is 9.84 Å². The van der Waals surface area contributed by atoms with Gasteiger partial charge in [0.25, 0.3) is 0 Å². The molecule has 7 nitrogen and oxygen atoms in total. The van der Waals surface area contributed by atoms with Crippen LogP contribution in [0.3, 0.4) is 0 Å². The normalized spacial score (nSPS) is 14.6. The highest BCUT2D eigenvalue weighted by molar-refractivity contribution is 5.80. The molecular weight excluding hydrogens is 444 g/mol. The van der Waals surface area contributed by atoms with Crippen LogP contribution in [0.25, 0.3) is 11.1 Å². The third-order valence-electron chi connectivity index (χ3n) is 6.62. The van der Waals surface area contributed by atoms with Crippen molar-refractivity contribution in [2.45, 2.75) is 65.5 Å². The van der Waals surface area contributed by atoms with E-state index in [0.717, 1.165) is 22.3 Å². The van der Waals surface area contributed by atoms with Gasteiger partial charge in [0.05, 0.1) is 6.42 Å². The number of nitrogens with one attached hydrogen (secondary N) is 2. The van der Waals surface area contributed by atoms with Gasteiger partial charge in [-0.2, -0.15) is 0 Å². The molecule has 0 aromatic heterocycles. The van der Waals surface area contributed by atoms with Crippen molar-refractivity contribution >= 4 is 18.0 Å². The summed E-state index contributed by atoms with van der Waals surface area (Å²) in [5, 5.41) is 14.8. The van der Waals surface area contributed by atoms with Gasteiger partial charge in [0.2, 0.25) is 5.91 Å². The van der Waals surface area contributed by atoms with Gasteiger partial charge >= 0.3 is 12.1 Å². The molecule has 0 heterocycles. The monoisotopic (exact) mass is 480 g/mol. The average molecular weight is 481 g/mol. The minimum Gasteiger partial charge on any atom is -0.481 e. The zero-order chi connectivity index (χ0) is 25.8. The van der Waals surface area contributed by atoms with E-state index >= 15 is 0 Å². The third kappa shape index (κ3) is 6.62. The zero-order valence-electron chi connectivity index (χ0n) is 21.1. The maximum Gasteiger partial charge on any atom is 0.407 e. The van der Waals surface area contributed by atoms with Crippen molar-refractivity contribution in [3.05, 3.63) is 59.7 Å². The van der Waals surface area contributed by atoms with Crippen molar-refractivity contribution in [2.75, 3.05) is 6.61 Å². The molecule has 35 heavy (non-hydrogen) atoms. The van der Waals surface area contributed by atoms with Gasteiger partial charge in [-0.1, -0.05) is 83.1 Å². The molecule has 0 saturated carbocycles. The Bertz CT molecular complexity index is 1030. The van der Waals surface area contributed by atoms with E-state index in [1.165, 1.54) is 0 Å². The standard InChI is InChI=1S/C28H36N2O5/c1-17(2)23(14-26(32)33)29-25(31)15-24(28(3,4)5)30-27(34)35-16-22-20-12-8-6-10-18(20)19-11-7-9-13-21(19)22/h6-13,17,22-24H,14-16H2,1-5H3,(H,29,31)(H,30,34)(H,32,33)/t23-,24?/m0/s1. The molecule has 7 heteroatoms. The first-order valence-electron chi connectivity index (χ1n) is 12.1. The van der Waals surface area contributed by atoms with Gasteiger partial charge in [-0.3, -0.25) is 9.59 Å². The van der Waals surface area contributed by atoms with Crippen molar-refractivity contribution < 1.29 is 24.2 Å². The highest BCUT2D eigenvalue weighted by Crippen LogP contribution is 2.44. The van der Waals surface area contributed by atoms with Crippen LogP contribution in [0.15, 0.2) is 48.5 Å². The summed E-state index contributed by atoms with van der Waals surface area (Å²) in [6.45, 7) is 9.73. The summed E-state index contributed by atoms with van der Waals surface area (Å²) in [6, 6.07) is 15.3. The summed E-state index contributed by atoms with van der Waals surface area (Å²) < 4.78 is 5.66. The molecule has 2 aromatic carbocycles. The smallest absolute Gasteiger partial charge is 0.407 e. The lowest BCUT2D eigenvalue weighted by atomic mass is 9.84. The molecule has 1 aliphatic carbocycles. The Morgan fingerprint density at radius 1 is 0.914 bits per heavy atom. The second-order valence-corrected chi connectivity index (χ2v) is 10.6. The number of alkyl carbamates (subject to hydrolysis) is 1. The number of rotatable bonds is 9. The number of hydrogen-bond donors (Lipinski definition) is 3. The largest absolute Gasteiger partial charge is 0.481 e. The number of carboxylic acid groups (broad SMARTS) is 1. The van der Waals surface area contributed by atoms with Gasteiger partial charge in [-0.05, 0) is 33.6 Å². The van der Waals surface area contributed by atoms with Crippen molar-refractivity contribution in [1.29, 1.82) is 0 Å². The molecule has 0 fully saturated rings. The number of benzene rings is 2. The lowest BCUT2D eigenvalue weighted by molar-refractivity contribution is -0.138. The summed E-state index contributed by atoms with van der Waals surface area (Å²) >= 11 is 0. The van der Waals surface area contributed by atoms with Gasteiger partial charge in [-0.25, -0.2) is 4.79 Å². The number of amides is 2. The van der Waals surface area contributed by atoms with Crippen molar-refractivity contribution in [3.8, 4) is 11.1 Å². The van der Waals surface area contributed by atoms with E-state index in [1.54, 1.807) is 0 Å². The van der Waals surface area contributed by atoms with E-state index in [1.807, 2.05) is 58.9 Å². The molecule has 0 radical (unpaired) electrons. The SMILES string of the molecule is CC(C)[C@H](CC(=O)O)NC(=O)CC(NC(=O)OCC1c2ccccc2-c2ccccc21)C(C)(C)C. The number of carboxylic acids is 1. The third-order valence-corrected chi connectivity index (χ3v) is 6.62. The summed E-state index contributed by atoms with van der Waals surface area (Å²) in [6.07, 6.45) is -0.703. The number of ether oxygens (including phenoxy) is 1. The number of carbonyl (C=O) groups excluding carboxylic acids is 2. The molecule has 2 amide bonds. The lowest BCUT2D eigenvalue weighted by Gasteiger charge is -2.31. The highest BCUT2D eigenvalue weighted by atomic mass is 16.5. The van der Waals surface area contributed by atoms with Crippen molar-refractivity contribution in [3.63, 3.8) is 0 Å². The summed E-state index contributed by atoms with van der Waals surface area (Å²) in [7, 11) is 0. The van der Waals surface area contributed by atoms with Crippen LogP contribution in [0, 0.1) is 11.3 Å². The van der Waals surface area contributed by atoms with Crippen LogP contribution in [0.4, 0.5) is 4.79 Å². The molecule has 0 saturated heterocycles. The van der Waals surface area contributed by atoms with Crippen LogP contribution in [-0.4, -0.2) is 41.8 Å². The van der Waals surface area contributed by atoms with Gasteiger partial charge in [0.15, 0.2) is 0 Å². The molecule has 188 valence electrons. The Morgan fingerprint density at radius 2 is 1.46 bits per heavy atom. The van der Waals surface area contributed by atoms with E-state index in [-0.39, 0.29) is 37.2 Å². The lowest BCUT2D eigenvalue weighted by Crippen LogP contribution is -2.49. The maximum absolute atomic E-state index is 12.8. The molecule has 3 rings (SSSR count). The van der Waals surface area contributed by atoms with Gasteiger partial charge in [0.1, 0.15) is 6.61 Å². The van der Waals surface area contributed by atoms with Crippen molar-refractivity contribution in [1.82, 2.24) is 10.6 Å². The van der Waals surface area contributed by atoms with E-state index < -0.39 is 29.6 Å². The maximum atomic E-state index is 12.8. The predicted octanol–water partition coefficient (Wildman–Crippen LogP) is 4.95. The van der Waals surface area contributed by atoms with Crippen LogP contribution in [0.5, 0.6) is 0 Å². The fourth-order valence-electron chi connectivity index (χ4n) is 4.45. The Morgan fingerprint density at radius 3 is 1.94 bits per heavy atom. The number of fused-ring (bicyclic) bond motifs is 3. The predicted molar refractivity (Wildman–Crippen MR) is 135 cm³/mol. The van der Waals surface area contributed by atoms with Crippen LogP contribution in [-0.2, 0) is 14.3 Å². The number of carbonyl (C=O) groups is 3. The van der Waals surface area contributed by atoms with Crippen LogP contribution >= 0.6 is 0 Å². The Balaban J connectivity index is 1.64. The van der Waals surface area contributed by atoms with E-state index in [0.29, 0.717) is 0 Å². The van der Waals surface area contributed by atoms with E-state index in [2.05, 4.69) is 34.9 Å².